The van der Waals surface area contributed by atoms with Crippen LogP contribution in [0, 0.1) is 0 Å². The van der Waals surface area contributed by atoms with Crippen LogP contribution in [0.15, 0.2) is 77.2 Å². The van der Waals surface area contributed by atoms with Crippen molar-refractivity contribution in [1.82, 2.24) is 4.90 Å². The van der Waals surface area contributed by atoms with E-state index in [9.17, 15) is 13.2 Å². The van der Waals surface area contributed by atoms with Gasteiger partial charge in [-0.25, -0.2) is 8.42 Å². The average Bonchev–Trinajstić information content (AvgIpc) is 3.19. The Labute approximate surface area is 267 Å². The summed E-state index contributed by atoms with van der Waals surface area (Å²) >= 11 is 0. The number of hydrogen-bond donors (Lipinski definition) is 1. The molecular weight excluding hydrogens is 588 g/mol. The van der Waals surface area contributed by atoms with Gasteiger partial charge in [-0.1, -0.05) is 31.2 Å². The fourth-order valence-corrected chi connectivity index (χ4v) is 7.15. The molecule has 3 aromatic rings. The van der Waals surface area contributed by atoms with E-state index < -0.39 is 9.84 Å². The molecule has 1 amide bonds. The molecule has 8 nitrogen and oxygen atoms in total. The third-order valence-electron chi connectivity index (χ3n) is 8.31. The second kappa shape index (κ2) is 15.6. The van der Waals surface area contributed by atoms with E-state index in [1.54, 1.807) is 24.3 Å². The van der Waals surface area contributed by atoms with Crippen molar-refractivity contribution >= 4 is 27.5 Å². The van der Waals surface area contributed by atoms with E-state index >= 15 is 0 Å². The monoisotopic (exact) mass is 632 g/mol. The third-order valence-corrected chi connectivity index (χ3v) is 10.1. The molecule has 5 rings (SSSR count). The highest BCUT2D eigenvalue weighted by atomic mass is 32.2. The van der Waals surface area contributed by atoms with Crippen molar-refractivity contribution in [2.45, 2.75) is 62.9 Å². The number of rotatable bonds is 13. The summed E-state index contributed by atoms with van der Waals surface area (Å²) in [5.74, 6) is 1.02. The first-order valence-electron chi connectivity index (χ1n) is 15.9. The number of nitrogens with one attached hydrogen (secondary N) is 1. The number of anilines is 1. The zero-order valence-electron chi connectivity index (χ0n) is 26.3. The number of hydrogen-bond acceptors (Lipinski definition) is 7. The summed E-state index contributed by atoms with van der Waals surface area (Å²) in [4.78, 5) is 15.9. The number of sulfone groups is 1. The lowest BCUT2D eigenvalue weighted by Gasteiger charge is -2.31. The van der Waals surface area contributed by atoms with E-state index in [4.69, 9.17) is 14.2 Å². The molecule has 2 heterocycles. The van der Waals surface area contributed by atoms with Crippen molar-refractivity contribution in [3.63, 3.8) is 0 Å². The molecule has 0 saturated carbocycles. The maximum atomic E-state index is 13.3. The van der Waals surface area contributed by atoms with E-state index in [0.717, 1.165) is 63.2 Å². The van der Waals surface area contributed by atoms with Crippen LogP contribution >= 0.6 is 0 Å². The maximum absolute atomic E-state index is 13.3. The van der Waals surface area contributed by atoms with Crippen LogP contribution < -0.4 is 14.8 Å². The highest BCUT2D eigenvalue weighted by Gasteiger charge is 2.25. The summed E-state index contributed by atoms with van der Waals surface area (Å²) in [6, 6.07) is 21.5. The minimum atomic E-state index is -3.54. The van der Waals surface area contributed by atoms with Crippen LogP contribution in [0.1, 0.15) is 55.7 Å². The van der Waals surface area contributed by atoms with E-state index in [1.807, 2.05) is 36.4 Å². The van der Waals surface area contributed by atoms with Crippen molar-refractivity contribution in [1.29, 1.82) is 0 Å². The molecule has 0 unspecified atom stereocenters. The number of carbonyl (C=O) groups is 1. The minimum absolute atomic E-state index is 0.126. The molecule has 9 heteroatoms. The van der Waals surface area contributed by atoms with Gasteiger partial charge in [0, 0.05) is 37.1 Å². The van der Waals surface area contributed by atoms with Gasteiger partial charge in [-0.15, -0.1) is 0 Å². The number of benzene rings is 3. The van der Waals surface area contributed by atoms with Gasteiger partial charge in [0.2, 0.25) is 0 Å². The zero-order chi connectivity index (χ0) is 31.6. The van der Waals surface area contributed by atoms with Crippen LogP contribution in [0.2, 0.25) is 0 Å². The first kappa shape index (κ1) is 32.7. The molecule has 0 radical (unpaired) electrons. The second-order valence-corrected chi connectivity index (χ2v) is 13.9. The molecular formula is C36H44N2O6S. The molecule has 1 N–H and O–H groups in total. The second-order valence-electron chi connectivity index (χ2n) is 11.8. The molecule has 0 atom stereocenters. The normalized spacial score (nSPS) is 16.4. The third kappa shape index (κ3) is 9.19. The zero-order valence-corrected chi connectivity index (χ0v) is 27.1. The fraction of sp³-hybridized carbons (Fsp3) is 0.417. The predicted octanol–water partition coefficient (Wildman–Crippen LogP) is 6.30. The molecule has 1 saturated heterocycles. The Morgan fingerprint density at radius 1 is 0.933 bits per heavy atom. The largest absolute Gasteiger partial charge is 0.494 e. The van der Waals surface area contributed by atoms with Crippen LogP contribution in [-0.4, -0.2) is 64.5 Å². The highest BCUT2D eigenvalue weighted by Crippen LogP contribution is 2.30. The SMILES string of the molecule is CCCOc1ccc(CCCOc2ccc3c(c2)C=C(C(=O)Nc2ccc(CN(C)C4CCOCC4)cc2)CCS3(=O)=O)cc1. The first-order chi connectivity index (χ1) is 21.8. The molecule has 0 aliphatic carbocycles. The van der Waals surface area contributed by atoms with Crippen molar-refractivity contribution in [3.05, 3.63) is 89.0 Å². The summed E-state index contributed by atoms with van der Waals surface area (Å²) in [5.41, 5.74) is 3.93. The lowest BCUT2D eigenvalue weighted by atomic mass is 10.1. The van der Waals surface area contributed by atoms with Crippen molar-refractivity contribution in [2.24, 2.45) is 0 Å². The van der Waals surface area contributed by atoms with Crippen molar-refractivity contribution in [2.75, 3.05) is 44.5 Å². The van der Waals surface area contributed by atoms with Gasteiger partial charge in [-0.3, -0.25) is 9.69 Å². The van der Waals surface area contributed by atoms with Gasteiger partial charge >= 0.3 is 0 Å². The van der Waals surface area contributed by atoms with Gasteiger partial charge in [0.25, 0.3) is 5.91 Å². The van der Waals surface area contributed by atoms with Crippen LogP contribution in [0.4, 0.5) is 5.69 Å². The Hall–Kier alpha value is -3.66. The lowest BCUT2D eigenvalue weighted by molar-refractivity contribution is -0.112. The van der Waals surface area contributed by atoms with Crippen LogP contribution in [0.5, 0.6) is 11.5 Å². The predicted molar refractivity (Wildman–Crippen MR) is 178 cm³/mol. The van der Waals surface area contributed by atoms with Gasteiger partial charge in [-0.2, -0.15) is 0 Å². The van der Waals surface area contributed by atoms with Gasteiger partial charge in [-0.05, 0) is 111 Å². The smallest absolute Gasteiger partial charge is 0.251 e. The summed E-state index contributed by atoms with van der Waals surface area (Å²) in [5, 5.41) is 2.96. The van der Waals surface area contributed by atoms with E-state index in [0.29, 0.717) is 41.8 Å². The van der Waals surface area contributed by atoms with Gasteiger partial charge < -0.3 is 19.5 Å². The highest BCUT2D eigenvalue weighted by molar-refractivity contribution is 7.91. The molecule has 0 bridgehead atoms. The Morgan fingerprint density at radius 3 is 2.36 bits per heavy atom. The summed E-state index contributed by atoms with van der Waals surface area (Å²) in [6.07, 6.45) is 6.52. The number of aryl methyl sites for hydroxylation is 1. The molecule has 3 aromatic carbocycles. The first-order valence-corrected chi connectivity index (χ1v) is 17.6. The summed E-state index contributed by atoms with van der Waals surface area (Å²) in [6.45, 7) is 5.71. The Kier molecular flexibility index (Phi) is 11.3. The van der Waals surface area contributed by atoms with Crippen LogP contribution in [0.25, 0.3) is 6.08 Å². The van der Waals surface area contributed by atoms with Gasteiger partial charge in [0.15, 0.2) is 9.84 Å². The quantitative estimate of drug-likeness (QED) is 0.221. The molecule has 45 heavy (non-hydrogen) atoms. The molecule has 0 spiro atoms. The molecule has 1 fully saturated rings. The van der Waals surface area contributed by atoms with Gasteiger partial charge in [0.1, 0.15) is 11.5 Å². The topological polar surface area (TPSA) is 94.2 Å². The van der Waals surface area contributed by atoms with Gasteiger partial charge in [0.05, 0.1) is 23.9 Å². The van der Waals surface area contributed by atoms with E-state index in [-0.39, 0.29) is 23.0 Å². The van der Waals surface area contributed by atoms with Crippen molar-refractivity contribution in [3.8, 4) is 11.5 Å². The number of fused-ring (bicyclic) bond motifs is 1. The fourth-order valence-electron chi connectivity index (χ4n) is 5.69. The summed E-state index contributed by atoms with van der Waals surface area (Å²) < 4.78 is 43.2. The number of ether oxygens (including phenoxy) is 3. The van der Waals surface area contributed by atoms with Crippen LogP contribution in [-0.2, 0) is 32.3 Å². The molecule has 0 aromatic heterocycles. The van der Waals surface area contributed by atoms with Crippen molar-refractivity contribution < 1.29 is 27.4 Å². The molecule has 240 valence electrons. The Bertz CT molecular complexity index is 1560. The lowest BCUT2D eigenvalue weighted by Crippen LogP contribution is -2.36. The number of carbonyl (C=O) groups excluding carboxylic acids is 1. The minimum Gasteiger partial charge on any atom is -0.494 e. The molecule has 2 aliphatic heterocycles. The Morgan fingerprint density at radius 2 is 1.62 bits per heavy atom. The van der Waals surface area contributed by atoms with E-state index in [2.05, 4.69) is 36.3 Å². The summed E-state index contributed by atoms with van der Waals surface area (Å²) in [7, 11) is -1.41. The Balaban J connectivity index is 1.18. The molecule has 2 aliphatic rings. The van der Waals surface area contributed by atoms with E-state index in [1.165, 1.54) is 5.56 Å². The number of nitrogens with zero attached hydrogens (tertiary/aromatic N) is 1. The van der Waals surface area contributed by atoms with Crippen LogP contribution in [0.3, 0.4) is 0 Å². The maximum Gasteiger partial charge on any atom is 0.251 e. The standard InChI is InChI=1S/C36H44N2O6S/c1-3-19-43-33-12-8-27(9-13-33)5-4-20-44-34-14-15-35-30(25-34)24-29(18-23-45(35,40)41)36(39)37-31-10-6-28(7-11-31)26-38(2)32-16-21-42-22-17-32/h6-15,24-25,32H,3-5,16-23,26H2,1-2H3,(H,37,39). The number of amides is 1. The average molecular weight is 633 g/mol.